The molecule has 1 amide bonds. The molecule has 0 radical (unpaired) electrons. The minimum atomic E-state index is -0.210. The zero-order valence-corrected chi connectivity index (χ0v) is 16.3. The molecule has 0 aliphatic heterocycles. The van der Waals surface area contributed by atoms with Crippen LogP contribution in [0.3, 0.4) is 0 Å². The van der Waals surface area contributed by atoms with Crippen molar-refractivity contribution in [2.75, 3.05) is 23.7 Å². The van der Waals surface area contributed by atoms with Crippen LogP contribution in [-0.4, -0.2) is 35.2 Å². The van der Waals surface area contributed by atoms with Crippen LogP contribution < -0.4 is 16.0 Å². The van der Waals surface area contributed by atoms with Crippen LogP contribution in [0.5, 0.6) is 0 Å². The molecule has 3 N–H and O–H groups in total. The fourth-order valence-electron chi connectivity index (χ4n) is 3.12. The van der Waals surface area contributed by atoms with Crippen LogP contribution in [0.1, 0.15) is 44.1 Å². The Bertz CT molecular complexity index is 725. The predicted molar refractivity (Wildman–Crippen MR) is 112 cm³/mol. The SMILES string of the molecule is O=C(/C=C/c1ccccc1)Nc1nnc(NCCCNC2CCCCC2)s1. The Balaban J connectivity index is 1.33. The van der Waals surface area contributed by atoms with Crippen molar-refractivity contribution in [2.45, 2.75) is 44.6 Å². The summed E-state index contributed by atoms with van der Waals surface area (Å²) in [7, 11) is 0. The smallest absolute Gasteiger partial charge is 0.250 e. The average Bonchev–Trinajstić information content (AvgIpc) is 3.15. The lowest BCUT2D eigenvalue weighted by molar-refractivity contribution is -0.111. The van der Waals surface area contributed by atoms with Crippen LogP contribution in [0.2, 0.25) is 0 Å². The standard InChI is InChI=1S/C20H27N5OS/c26-18(13-12-16-8-3-1-4-9-16)23-20-25-24-19(27-20)22-15-7-14-21-17-10-5-2-6-11-17/h1,3-4,8-9,12-13,17,21H,2,5-7,10-11,14-15H2,(H,22,24)(H,23,25,26)/b13-12+. The van der Waals surface area contributed by atoms with E-state index in [9.17, 15) is 4.79 Å². The number of carbonyl (C=O) groups is 1. The van der Waals surface area contributed by atoms with Crippen LogP contribution in [0.15, 0.2) is 36.4 Å². The molecule has 0 saturated heterocycles. The number of carbonyl (C=O) groups excluding carboxylic acids is 1. The van der Waals surface area contributed by atoms with Gasteiger partial charge in [0.2, 0.25) is 16.2 Å². The summed E-state index contributed by atoms with van der Waals surface area (Å²) >= 11 is 1.35. The molecule has 0 bridgehead atoms. The van der Waals surface area contributed by atoms with Gasteiger partial charge in [-0.2, -0.15) is 0 Å². The van der Waals surface area contributed by atoms with Crippen molar-refractivity contribution in [1.82, 2.24) is 15.5 Å². The van der Waals surface area contributed by atoms with Crippen LogP contribution in [0.25, 0.3) is 6.08 Å². The second kappa shape index (κ2) is 10.8. The highest BCUT2D eigenvalue weighted by Crippen LogP contribution is 2.20. The summed E-state index contributed by atoms with van der Waals surface area (Å²) in [5.74, 6) is -0.210. The van der Waals surface area contributed by atoms with Gasteiger partial charge in [-0.1, -0.05) is 60.9 Å². The molecule has 1 saturated carbocycles. The van der Waals surface area contributed by atoms with Gasteiger partial charge in [-0.15, -0.1) is 10.2 Å². The first-order valence-corrected chi connectivity index (χ1v) is 10.5. The summed E-state index contributed by atoms with van der Waals surface area (Å²) in [4.78, 5) is 12.0. The topological polar surface area (TPSA) is 78.9 Å². The number of amides is 1. The van der Waals surface area contributed by atoms with Gasteiger partial charge in [-0.05, 0) is 37.4 Å². The predicted octanol–water partition coefficient (Wildman–Crippen LogP) is 3.91. The maximum absolute atomic E-state index is 12.0. The minimum absolute atomic E-state index is 0.210. The van der Waals surface area contributed by atoms with Crippen LogP contribution >= 0.6 is 11.3 Å². The molecule has 7 heteroatoms. The molecule has 1 heterocycles. The third-order valence-corrected chi connectivity index (χ3v) is 5.35. The third kappa shape index (κ3) is 7.11. The first-order valence-electron chi connectivity index (χ1n) is 9.64. The number of rotatable bonds is 9. The van der Waals surface area contributed by atoms with Gasteiger partial charge in [0.05, 0.1) is 0 Å². The zero-order chi connectivity index (χ0) is 18.7. The van der Waals surface area contributed by atoms with E-state index in [-0.39, 0.29) is 5.91 Å². The summed E-state index contributed by atoms with van der Waals surface area (Å²) in [6, 6.07) is 10.4. The van der Waals surface area contributed by atoms with Gasteiger partial charge < -0.3 is 10.6 Å². The quantitative estimate of drug-likeness (QED) is 0.450. The lowest BCUT2D eigenvalue weighted by Gasteiger charge is -2.22. The number of aromatic nitrogens is 2. The molecule has 1 aromatic carbocycles. The Kier molecular flexibility index (Phi) is 7.80. The van der Waals surface area contributed by atoms with Crippen molar-refractivity contribution in [1.29, 1.82) is 0 Å². The van der Waals surface area contributed by atoms with Gasteiger partial charge in [0.25, 0.3) is 0 Å². The molecular formula is C20H27N5OS. The lowest BCUT2D eigenvalue weighted by atomic mass is 9.95. The average molecular weight is 386 g/mol. The molecule has 1 fully saturated rings. The Hall–Kier alpha value is -2.25. The molecular weight excluding hydrogens is 358 g/mol. The summed E-state index contributed by atoms with van der Waals surface area (Å²) in [5.41, 5.74) is 0.981. The van der Waals surface area contributed by atoms with Gasteiger partial charge in [0.1, 0.15) is 0 Å². The first-order chi connectivity index (χ1) is 13.3. The number of hydrogen-bond acceptors (Lipinski definition) is 6. The van der Waals surface area contributed by atoms with E-state index < -0.39 is 0 Å². The monoisotopic (exact) mass is 385 g/mol. The van der Waals surface area contributed by atoms with E-state index in [0.717, 1.165) is 30.2 Å². The molecule has 3 rings (SSSR count). The Morgan fingerprint density at radius 3 is 2.67 bits per heavy atom. The Morgan fingerprint density at radius 1 is 1.07 bits per heavy atom. The summed E-state index contributed by atoms with van der Waals surface area (Å²) < 4.78 is 0. The molecule has 0 atom stereocenters. The zero-order valence-electron chi connectivity index (χ0n) is 15.5. The molecule has 1 aliphatic rings. The van der Waals surface area contributed by atoms with Crippen LogP contribution in [0, 0.1) is 0 Å². The number of nitrogens with one attached hydrogen (secondary N) is 3. The van der Waals surface area contributed by atoms with Crippen molar-refractivity contribution in [3.63, 3.8) is 0 Å². The van der Waals surface area contributed by atoms with Gasteiger partial charge in [-0.3, -0.25) is 10.1 Å². The van der Waals surface area contributed by atoms with E-state index in [0.29, 0.717) is 11.2 Å². The Morgan fingerprint density at radius 2 is 1.85 bits per heavy atom. The number of nitrogens with zero attached hydrogens (tertiary/aromatic N) is 2. The van der Waals surface area contributed by atoms with Crippen molar-refractivity contribution in [2.24, 2.45) is 0 Å². The van der Waals surface area contributed by atoms with E-state index >= 15 is 0 Å². The van der Waals surface area contributed by atoms with E-state index in [1.54, 1.807) is 6.08 Å². The normalized spacial score (nSPS) is 15.1. The molecule has 144 valence electrons. The fraction of sp³-hybridized carbons (Fsp3) is 0.450. The highest BCUT2D eigenvalue weighted by Gasteiger charge is 2.11. The second-order valence-corrected chi connectivity index (χ2v) is 7.69. The van der Waals surface area contributed by atoms with E-state index in [1.807, 2.05) is 30.3 Å². The lowest BCUT2D eigenvalue weighted by Crippen LogP contribution is -2.32. The Labute approximate surface area is 164 Å². The van der Waals surface area contributed by atoms with E-state index in [1.165, 1.54) is 49.5 Å². The highest BCUT2D eigenvalue weighted by atomic mass is 32.1. The fourth-order valence-corrected chi connectivity index (χ4v) is 3.80. The van der Waals surface area contributed by atoms with Crippen molar-refractivity contribution >= 4 is 33.6 Å². The molecule has 1 aliphatic carbocycles. The van der Waals surface area contributed by atoms with E-state index in [2.05, 4.69) is 26.1 Å². The number of anilines is 2. The number of benzene rings is 1. The first kappa shape index (κ1) is 19.5. The molecule has 27 heavy (non-hydrogen) atoms. The highest BCUT2D eigenvalue weighted by molar-refractivity contribution is 7.19. The largest absolute Gasteiger partial charge is 0.360 e. The van der Waals surface area contributed by atoms with Gasteiger partial charge in [-0.25, -0.2) is 0 Å². The maximum Gasteiger partial charge on any atom is 0.250 e. The molecule has 2 aromatic rings. The van der Waals surface area contributed by atoms with Crippen molar-refractivity contribution in [3.05, 3.63) is 42.0 Å². The third-order valence-electron chi connectivity index (χ3n) is 4.55. The summed E-state index contributed by atoms with van der Waals surface area (Å²) in [6.07, 6.45) is 11.0. The maximum atomic E-state index is 12.0. The molecule has 6 nitrogen and oxygen atoms in total. The van der Waals surface area contributed by atoms with Crippen LogP contribution in [-0.2, 0) is 4.79 Å². The van der Waals surface area contributed by atoms with Crippen LogP contribution in [0.4, 0.5) is 10.3 Å². The van der Waals surface area contributed by atoms with Gasteiger partial charge >= 0.3 is 0 Å². The van der Waals surface area contributed by atoms with Gasteiger partial charge in [0, 0.05) is 18.7 Å². The summed E-state index contributed by atoms with van der Waals surface area (Å²) in [5, 5.41) is 19.0. The van der Waals surface area contributed by atoms with Gasteiger partial charge in [0.15, 0.2) is 0 Å². The summed E-state index contributed by atoms with van der Waals surface area (Å²) in [6.45, 7) is 1.86. The second-order valence-electron chi connectivity index (χ2n) is 6.72. The molecule has 0 spiro atoms. The number of hydrogen-bond donors (Lipinski definition) is 3. The van der Waals surface area contributed by atoms with Crippen molar-refractivity contribution in [3.8, 4) is 0 Å². The van der Waals surface area contributed by atoms with E-state index in [4.69, 9.17) is 0 Å². The minimum Gasteiger partial charge on any atom is -0.360 e. The molecule has 0 unspecified atom stereocenters. The molecule has 1 aromatic heterocycles. The van der Waals surface area contributed by atoms with Crippen molar-refractivity contribution < 1.29 is 4.79 Å².